The number of hydrogen-bond donors (Lipinski definition) is 3. The standard InChI is InChI=1S/C20H22N4O3/c1-14(15-4-6-17(7-5-15)20(26)22-27)21-19(25)16-8-10-18(11-9-16)24-13-3-12-23(24)2/h3-11,13-14,27H,12H2,1-2H3,(H,21,25)(H,22,26). The second-order valence-electron chi connectivity index (χ2n) is 6.37. The van der Waals surface area contributed by atoms with Crippen LogP contribution in [0, 0.1) is 0 Å². The van der Waals surface area contributed by atoms with E-state index in [4.69, 9.17) is 5.21 Å². The van der Waals surface area contributed by atoms with Crippen LogP contribution in [-0.4, -0.2) is 35.6 Å². The van der Waals surface area contributed by atoms with E-state index in [1.807, 2.05) is 37.3 Å². The molecule has 1 aliphatic heterocycles. The topological polar surface area (TPSA) is 84.9 Å². The Morgan fingerprint density at radius 3 is 2.15 bits per heavy atom. The monoisotopic (exact) mass is 366 g/mol. The van der Waals surface area contributed by atoms with Gasteiger partial charge < -0.3 is 5.32 Å². The van der Waals surface area contributed by atoms with Crippen LogP contribution in [0.5, 0.6) is 0 Å². The Morgan fingerprint density at radius 2 is 1.59 bits per heavy atom. The number of anilines is 1. The molecule has 1 heterocycles. The molecule has 140 valence electrons. The molecule has 27 heavy (non-hydrogen) atoms. The summed E-state index contributed by atoms with van der Waals surface area (Å²) in [6.45, 7) is 2.73. The molecule has 1 atom stereocenters. The molecule has 3 rings (SSSR count). The van der Waals surface area contributed by atoms with Crippen molar-refractivity contribution < 1.29 is 14.8 Å². The van der Waals surface area contributed by atoms with Crippen LogP contribution in [-0.2, 0) is 0 Å². The van der Waals surface area contributed by atoms with E-state index in [-0.39, 0.29) is 11.9 Å². The average Bonchev–Trinajstić information content (AvgIpc) is 3.13. The molecule has 2 amide bonds. The average molecular weight is 366 g/mol. The molecule has 0 spiro atoms. The summed E-state index contributed by atoms with van der Waals surface area (Å²) in [6, 6.07) is 13.9. The highest BCUT2D eigenvalue weighted by Gasteiger charge is 2.15. The van der Waals surface area contributed by atoms with Gasteiger partial charge in [-0.2, -0.15) is 0 Å². The summed E-state index contributed by atoms with van der Waals surface area (Å²) in [5.41, 5.74) is 4.37. The molecule has 7 nitrogen and oxygen atoms in total. The van der Waals surface area contributed by atoms with Gasteiger partial charge in [-0.25, -0.2) is 10.5 Å². The number of likely N-dealkylation sites (N-methyl/N-ethyl adjacent to an activating group) is 1. The number of rotatable bonds is 5. The van der Waals surface area contributed by atoms with Crippen molar-refractivity contribution in [3.8, 4) is 0 Å². The molecule has 7 heteroatoms. The van der Waals surface area contributed by atoms with Gasteiger partial charge in [0, 0.05) is 30.9 Å². The predicted octanol–water partition coefficient (Wildman–Crippen LogP) is 2.48. The van der Waals surface area contributed by atoms with Gasteiger partial charge in [0.05, 0.1) is 11.7 Å². The number of hydrogen-bond acceptors (Lipinski definition) is 5. The van der Waals surface area contributed by atoms with Crippen molar-refractivity contribution in [2.45, 2.75) is 13.0 Å². The zero-order valence-electron chi connectivity index (χ0n) is 15.2. The predicted molar refractivity (Wildman–Crippen MR) is 102 cm³/mol. The van der Waals surface area contributed by atoms with Gasteiger partial charge in [-0.15, -0.1) is 0 Å². The second-order valence-corrected chi connectivity index (χ2v) is 6.37. The van der Waals surface area contributed by atoms with Crippen LogP contribution in [0.1, 0.15) is 39.2 Å². The van der Waals surface area contributed by atoms with E-state index in [1.54, 1.807) is 41.9 Å². The Labute approximate surface area is 157 Å². The molecule has 0 saturated carbocycles. The number of hydrazine groups is 1. The van der Waals surface area contributed by atoms with Gasteiger partial charge in [0.1, 0.15) is 0 Å². The fourth-order valence-corrected chi connectivity index (χ4v) is 2.90. The van der Waals surface area contributed by atoms with Gasteiger partial charge in [-0.1, -0.05) is 18.2 Å². The number of nitrogens with zero attached hydrogens (tertiary/aromatic N) is 2. The van der Waals surface area contributed by atoms with E-state index >= 15 is 0 Å². The van der Waals surface area contributed by atoms with Crippen molar-refractivity contribution in [1.82, 2.24) is 15.8 Å². The number of carbonyl (C=O) groups is 2. The second kappa shape index (κ2) is 8.03. The Kier molecular flexibility index (Phi) is 5.54. The van der Waals surface area contributed by atoms with E-state index in [2.05, 4.69) is 16.4 Å². The minimum absolute atomic E-state index is 0.170. The number of nitrogens with one attached hydrogen (secondary N) is 2. The lowest BCUT2D eigenvalue weighted by molar-refractivity contribution is 0.0706. The third kappa shape index (κ3) is 4.16. The molecule has 0 saturated heterocycles. The number of benzene rings is 2. The number of amides is 2. The smallest absolute Gasteiger partial charge is 0.274 e. The maximum absolute atomic E-state index is 12.5. The molecule has 1 aliphatic rings. The Hall–Kier alpha value is -3.16. The highest BCUT2D eigenvalue weighted by atomic mass is 16.5. The molecule has 0 fully saturated rings. The lowest BCUT2D eigenvalue weighted by Gasteiger charge is -2.25. The molecule has 0 aromatic heterocycles. The molecule has 0 radical (unpaired) electrons. The summed E-state index contributed by atoms with van der Waals surface area (Å²) in [4.78, 5) is 23.9. The van der Waals surface area contributed by atoms with Crippen LogP contribution in [0.25, 0.3) is 0 Å². The molecule has 2 aromatic carbocycles. The lowest BCUT2D eigenvalue weighted by atomic mass is 10.1. The maximum atomic E-state index is 12.5. The van der Waals surface area contributed by atoms with Crippen molar-refractivity contribution in [3.05, 3.63) is 77.5 Å². The Bertz CT molecular complexity index is 847. The molecule has 2 aromatic rings. The van der Waals surface area contributed by atoms with Gasteiger partial charge in [-0.3, -0.25) is 19.8 Å². The first kappa shape index (κ1) is 18.6. The SMILES string of the molecule is CC(NC(=O)c1ccc(N2C=CCN2C)cc1)c1ccc(C(=O)NO)cc1. The zero-order valence-corrected chi connectivity index (χ0v) is 15.2. The number of hydroxylamine groups is 1. The van der Waals surface area contributed by atoms with Crippen molar-refractivity contribution in [1.29, 1.82) is 0 Å². The first-order valence-electron chi connectivity index (χ1n) is 8.62. The minimum atomic E-state index is -0.572. The summed E-state index contributed by atoms with van der Waals surface area (Å²) in [5.74, 6) is -0.742. The number of carbonyl (C=O) groups excluding carboxylic acids is 2. The van der Waals surface area contributed by atoms with Crippen molar-refractivity contribution >= 4 is 17.5 Å². The van der Waals surface area contributed by atoms with E-state index in [1.165, 1.54) is 0 Å². The molecule has 1 unspecified atom stereocenters. The summed E-state index contributed by atoms with van der Waals surface area (Å²) >= 11 is 0. The van der Waals surface area contributed by atoms with E-state index in [0.29, 0.717) is 11.1 Å². The first-order valence-corrected chi connectivity index (χ1v) is 8.62. The summed E-state index contributed by atoms with van der Waals surface area (Å²) in [7, 11) is 2.00. The largest absolute Gasteiger partial charge is 0.346 e. The Balaban J connectivity index is 1.64. The highest BCUT2D eigenvalue weighted by molar-refractivity contribution is 5.95. The van der Waals surface area contributed by atoms with Crippen LogP contribution in [0.15, 0.2) is 60.8 Å². The summed E-state index contributed by atoms with van der Waals surface area (Å²) in [5, 5.41) is 15.7. The van der Waals surface area contributed by atoms with Crippen molar-refractivity contribution in [2.75, 3.05) is 18.6 Å². The quantitative estimate of drug-likeness (QED) is 0.559. The third-order valence-corrected chi connectivity index (χ3v) is 4.50. The maximum Gasteiger partial charge on any atom is 0.274 e. The fraction of sp³-hybridized carbons (Fsp3) is 0.200. The van der Waals surface area contributed by atoms with Gasteiger partial charge >= 0.3 is 0 Å². The van der Waals surface area contributed by atoms with Gasteiger partial charge in [-0.05, 0) is 48.9 Å². The summed E-state index contributed by atoms with van der Waals surface area (Å²) < 4.78 is 0. The first-order chi connectivity index (χ1) is 13.0. The van der Waals surface area contributed by atoms with Crippen LogP contribution < -0.4 is 15.8 Å². The fourth-order valence-electron chi connectivity index (χ4n) is 2.90. The van der Waals surface area contributed by atoms with Crippen LogP contribution in [0.4, 0.5) is 5.69 Å². The summed E-state index contributed by atoms with van der Waals surface area (Å²) in [6.07, 6.45) is 4.07. The van der Waals surface area contributed by atoms with Gasteiger partial charge in [0.15, 0.2) is 0 Å². The normalized spacial score (nSPS) is 14.9. The van der Waals surface area contributed by atoms with Gasteiger partial charge in [0.2, 0.25) is 0 Å². The van der Waals surface area contributed by atoms with E-state index in [0.717, 1.165) is 17.8 Å². The van der Waals surface area contributed by atoms with E-state index in [9.17, 15) is 9.59 Å². The third-order valence-electron chi connectivity index (χ3n) is 4.50. The van der Waals surface area contributed by atoms with Crippen LogP contribution in [0.3, 0.4) is 0 Å². The Morgan fingerprint density at radius 1 is 1.00 bits per heavy atom. The van der Waals surface area contributed by atoms with E-state index < -0.39 is 5.91 Å². The molecular formula is C20H22N4O3. The van der Waals surface area contributed by atoms with Gasteiger partial charge in [0.25, 0.3) is 11.8 Å². The lowest BCUT2D eigenvalue weighted by Crippen LogP contribution is -2.31. The van der Waals surface area contributed by atoms with Crippen molar-refractivity contribution in [2.24, 2.45) is 0 Å². The molecule has 0 bridgehead atoms. The highest BCUT2D eigenvalue weighted by Crippen LogP contribution is 2.21. The van der Waals surface area contributed by atoms with Crippen LogP contribution >= 0.6 is 0 Å². The minimum Gasteiger partial charge on any atom is -0.346 e. The van der Waals surface area contributed by atoms with Crippen molar-refractivity contribution in [3.63, 3.8) is 0 Å². The molecule has 3 N–H and O–H groups in total. The molecular weight excluding hydrogens is 344 g/mol. The molecule has 0 aliphatic carbocycles. The zero-order chi connectivity index (χ0) is 19.4. The van der Waals surface area contributed by atoms with Crippen LogP contribution in [0.2, 0.25) is 0 Å².